The van der Waals surface area contributed by atoms with Crippen LogP contribution in [-0.4, -0.2) is 52.2 Å². The number of amides is 1. The maximum absolute atomic E-state index is 12.5. The van der Waals surface area contributed by atoms with E-state index in [1.54, 1.807) is 18.3 Å². The number of pyridine rings is 1. The maximum atomic E-state index is 12.5. The summed E-state index contributed by atoms with van der Waals surface area (Å²) in [5.41, 5.74) is 6.97. The summed E-state index contributed by atoms with van der Waals surface area (Å²) in [5.74, 6) is 1.63. The van der Waals surface area contributed by atoms with Crippen molar-refractivity contribution in [1.82, 2.24) is 20.3 Å². The highest BCUT2D eigenvalue weighted by atomic mass is 16.5. The van der Waals surface area contributed by atoms with Crippen LogP contribution < -0.4 is 16.0 Å². The van der Waals surface area contributed by atoms with E-state index in [0.717, 1.165) is 31.6 Å². The Kier molecular flexibility index (Phi) is 3.97. The summed E-state index contributed by atoms with van der Waals surface area (Å²) in [4.78, 5) is 27.7. The Labute approximate surface area is 163 Å². The summed E-state index contributed by atoms with van der Waals surface area (Å²) in [6.45, 7) is 4.08. The molecule has 0 saturated carbocycles. The first kappa shape index (κ1) is 17.4. The van der Waals surface area contributed by atoms with Crippen LogP contribution in [0.25, 0.3) is 0 Å². The summed E-state index contributed by atoms with van der Waals surface area (Å²) < 4.78 is 6.44. The zero-order chi connectivity index (χ0) is 19.3. The van der Waals surface area contributed by atoms with E-state index >= 15 is 0 Å². The van der Waals surface area contributed by atoms with Crippen molar-refractivity contribution in [1.29, 1.82) is 0 Å². The number of carbonyl (C=O) groups is 1. The number of rotatable bonds is 4. The van der Waals surface area contributed by atoms with Crippen molar-refractivity contribution in [2.45, 2.75) is 31.5 Å². The summed E-state index contributed by atoms with van der Waals surface area (Å²) in [5, 5.41) is 3.07. The molecule has 1 amide bonds. The predicted molar refractivity (Wildman–Crippen MR) is 104 cm³/mol. The van der Waals surface area contributed by atoms with Crippen LogP contribution in [0.3, 0.4) is 0 Å². The average Bonchev–Trinajstić information content (AvgIpc) is 3.34. The number of aromatic nitrogens is 3. The second-order valence-electron chi connectivity index (χ2n) is 8.07. The summed E-state index contributed by atoms with van der Waals surface area (Å²) in [7, 11) is 0. The standard InChI is InChI=1S/C20H24N6O2/c1-12-3-2-4-15(24-12)18(27)23-9-13-14-10-26(19-22-8-6-17(21)25-19)11-20(14)7-5-16(13)28-20/h2-4,6,8,13-14,16H,5,7,9-11H2,1H3,(H,23,27)(H2,21,22,25)/t13-,14+,16+,20+/m0/s1. The first-order chi connectivity index (χ1) is 13.5. The molecule has 0 aliphatic carbocycles. The van der Waals surface area contributed by atoms with Crippen LogP contribution in [0.4, 0.5) is 11.8 Å². The fourth-order valence-corrected chi connectivity index (χ4v) is 5.10. The number of nitrogens with zero attached hydrogens (tertiary/aromatic N) is 4. The molecule has 2 aromatic heterocycles. The third-order valence-electron chi connectivity index (χ3n) is 6.35. The van der Waals surface area contributed by atoms with Crippen LogP contribution in [0, 0.1) is 18.8 Å². The smallest absolute Gasteiger partial charge is 0.269 e. The largest absolute Gasteiger partial charge is 0.384 e. The van der Waals surface area contributed by atoms with Gasteiger partial charge in [0.1, 0.15) is 11.5 Å². The molecule has 3 aliphatic rings. The van der Waals surface area contributed by atoms with Crippen molar-refractivity contribution < 1.29 is 9.53 Å². The van der Waals surface area contributed by atoms with E-state index in [-0.39, 0.29) is 23.5 Å². The van der Waals surface area contributed by atoms with Gasteiger partial charge in [-0.05, 0) is 38.0 Å². The van der Waals surface area contributed by atoms with Gasteiger partial charge in [-0.25, -0.2) is 9.97 Å². The summed E-state index contributed by atoms with van der Waals surface area (Å²) in [6, 6.07) is 7.18. The van der Waals surface area contributed by atoms with Gasteiger partial charge in [-0.2, -0.15) is 4.98 Å². The quantitative estimate of drug-likeness (QED) is 0.820. The monoisotopic (exact) mass is 380 g/mol. The van der Waals surface area contributed by atoms with Gasteiger partial charge in [-0.15, -0.1) is 0 Å². The molecule has 8 heteroatoms. The lowest BCUT2D eigenvalue weighted by atomic mass is 9.73. The molecule has 3 aliphatic heterocycles. The van der Waals surface area contributed by atoms with Crippen molar-refractivity contribution in [2.75, 3.05) is 30.3 Å². The van der Waals surface area contributed by atoms with Gasteiger partial charge in [-0.3, -0.25) is 4.79 Å². The van der Waals surface area contributed by atoms with Crippen molar-refractivity contribution in [3.63, 3.8) is 0 Å². The number of carbonyl (C=O) groups excluding carboxylic acids is 1. The van der Waals surface area contributed by atoms with Gasteiger partial charge in [0.05, 0.1) is 18.2 Å². The Bertz CT molecular complexity index is 921. The molecular formula is C20H24N6O2. The van der Waals surface area contributed by atoms with E-state index in [4.69, 9.17) is 10.5 Å². The molecule has 1 spiro atoms. The molecule has 4 atom stereocenters. The topological polar surface area (TPSA) is 106 Å². The van der Waals surface area contributed by atoms with E-state index in [1.165, 1.54) is 0 Å². The molecule has 2 bridgehead atoms. The van der Waals surface area contributed by atoms with Gasteiger partial charge >= 0.3 is 0 Å². The molecule has 146 valence electrons. The average molecular weight is 380 g/mol. The molecule has 0 unspecified atom stereocenters. The van der Waals surface area contributed by atoms with Crippen molar-refractivity contribution in [2.24, 2.45) is 11.8 Å². The van der Waals surface area contributed by atoms with Crippen molar-refractivity contribution in [3.8, 4) is 0 Å². The molecule has 3 saturated heterocycles. The van der Waals surface area contributed by atoms with Crippen LogP contribution in [0.2, 0.25) is 0 Å². The van der Waals surface area contributed by atoms with Gasteiger partial charge in [0, 0.05) is 36.8 Å². The summed E-state index contributed by atoms with van der Waals surface area (Å²) >= 11 is 0. The minimum absolute atomic E-state index is 0.130. The Balaban J connectivity index is 1.30. The van der Waals surface area contributed by atoms with Crippen LogP contribution in [-0.2, 0) is 4.74 Å². The second-order valence-corrected chi connectivity index (χ2v) is 8.07. The SMILES string of the molecule is Cc1cccc(C(=O)NC[C@H]2[C@H]3CN(c4nccc(N)n4)C[C@]34CC[C@H]2O4)n1. The van der Waals surface area contributed by atoms with Crippen LogP contribution in [0.5, 0.6) is 0 Å². The molecule has 5 rings (SSSR count). The normalized spacial score (nSPS) is 30.5. The van der Waals surface area contributed by atoms with Crippen molar-refractivity contribution >= 4 is 17.7 Å². The lowest BCUT2D eigenvalue weighted by molar-refractivity contribution is 0.0141. The van der Waals surface area contributed by atoms with Gasteiger partial charge < -0.3 is 20.7 Å². The Hall–Kier alpha value is -2.74. The summed E-state index contributed by atoms with van der Waals surface area (Å²) in [6.07, 6.45) is 3.98. The van der Waals surface area contributed by atoms with E-state index < -0.39 is 0 Å². The number of fused-ring (bicyclic) bond motifs is 1. The molecule has 28 heavy (non-hydrogen) atoms. The molecule has 2 aromatic rings. The first-order valence-electron chi connectivity index (χ1n) is 9.77. The highest BCUT2D eigenvalue weighted by Crippen LogP contribution is 2.54. The van der Waals surface area contributed by atoms with E-state index in [1.807, 2.05) is 19.1 Å². The van der Waals surface area contributed by atoms with Crippen LogP contribution >= 0.6 is 0 Å². The van der Waals surface area contributed by atoms with Gasteiger partial charge in [0.25, 0.3) is 5.91 Å². The number of nitrogen functional groups attached to an aromatic ring is 1. The molecule has 0 radical (unpaired) electrons. The van der Waals surface area contributed by atoms with Crippen LogP contribution in [0.1, 0.15) is 29.0 Å². The molecule has 3 fully saturated rings. The number of ether oxygens (including phenoxy) is 1. The molecule has 8 nitrogen and oxygen atoms in total. The highest BCUT2D eigenvalue weighted by molar-refractivity contribution is 5.92. The Morgan fingerprint density at radius 3 is 3.11 bits per heavy atom. The highest BCUT2D eigenvalue weighted by Gasteiger charge is 2.63. The lowest BCUT2D eigenvalue weighted by Crippen LogP contribution is -2.42. The van der Waals surface area contributed by atoms with E-state index in [2.05, 4.69) is 25.2 Å². The Morgan fingerprint density at radius 1 is 1.39 bits per heavy atom. The number of aryl methyl sites for hydroxylation is 1. The fraction of sp³-hybridized carbons (Fsp3) is 0.500. The number of hydrogen-bond donors (Lipinski definition) is 2. The third-order valence-corrected chi connectivity index (χ3v) is 6.35. The zero-order valence-electron chi connectivity index (χ0n) is 15.8. The fourth-order valence-electron chi connectivity index (χ4n) is 5.10. The lowest BCUT2D eigenvalue weighted by Gasteiger charge is -2.29. The molecule has 3 N–H and O–H groups in total. The van der Waals surface area contributed by atoms with E-state index in [9.17, 15) is 4.79 Å². The van der Waals surface area contributed by atoms with E-state index in [0.29, 0.717) is 29.9 Å². The molecular weight excluding hydrogens is 356 g/mol. The van der Waals surface area contributed by atoms with Gasteiger partial charge in [0.2, 0.25) is 5.95 Å². The van der Waals surface area contributed by atoms with Crippen molar-refractivity contribution in [3.05, 3.63) is 41.9 Å². The molecule has 0 aromatic carbocycles. The Morgan fingerprint density at radius 2 is 2.29 bits per heavy atom. The van der Waals surface area contributed by atoms with Crippen LogP contribution in [0.15, 0.2) is 30.5 Å². The second kappa shape index (κ2) is 6.41. The third kappa shape index (κ3) is 2.79. The first-order valence-corrected chi connectivity index (χ1v) is 9.77. The molecule has 5 heterocycles. The number of nitrogens with one attached hydrogen (secondary N) is 1. The number of hydrogen-bond acceptors (Lipinski definition) is 7. The minimum Gasteiger partial charge on any atom is -0.384 e. The predicted octanol–water partition coefficient (Wildman–Crippen LogP) is 1.18. The van der Waals surface area contributed by atoms with Gasteiger partial charge in [0.15, 0.2) is 0 Å². The van der Waals surface area contributed by atoms with Gasteiger partial charge in [-0.1, -0.05) is 6.07 Å². The number of nitrogens with two attached hydrogens (primary N) is 1. The maximum Gasteiger partial charge on any atom is 0.269 e. The minimum atomic E-state index is -0.157. The number of anilines is 2. The zero-order valence-corrected chi connectivity index (χ0v) is 15.8.